The normalized spacial score (nSPS) is 28.9. The molecule has 0 fully saturated rings. The van der Waals surface area contributed by atoms with Crippen LogP contribution in [0.2, 0.25) is 0 Å². The number of phenols is 1. The molecule has 1 aliphatic carbocycles. The fourth-order valence-electron chi connectivity index (χ4n) is 1.77. The van der Waals surface area contributed by atoms with Gasteiger partial charge in [0.05, 0.1) is 6.04 Å². The van der Waals surface area contributed by atoms with Crippen LogP contribution in [0.1, 0.15) is 5.56 Å². The van der Waals surface area contributed by atoms with Gasteiger partial charge in [0.15, 0.2) is 0 Å². The first-order chi connectivity index (χ1) is 7.54. The van der Waals surface area contributed by atoms with Crippen molar-refractivity contribution in [3.8, 4) is 5.75 Å². The predicted octanol–water partition coefficient (Wildman–Crippen LogP) is 0.320. The van der Waals surface area contributed by atoms with Crippen molar-refractivity contribution in [3.05, 3.63) is 53.8 Å². The van der Waals surface area contributed by atoms with E-state index < -0.39 is 11.6 Å². The van der Waals surface area contributed by atoms with E-state index in [1.165, 1.54) is 12.1 Å². The Labute approximate surface area is 93.5 Å². The van der Waals surface area contributed by atoms with Gasteiger partial charge in [-0.15, -0.1) is 0 Å². The Kier molecular flexibility index (Phi) is 2.46. The number of benzene rings is 1. The quantitative estimate of drug-likeness (QED) is 0.546. The third-order valence-electron chi connectivity index (χ3n) is 2.80. The summed E-state index contributed by atoms with van der Waals surface area (Å²) in [6.45, 7) is 0. The molecule has 1 aromatic carbocycles. The molecule has 0 amide bonds. The molecule has 2 rings (SSSR count). The Morgan fingerprint density at radius 3 is 2.44 bits per heavy atom. The molecule has 0 saturated carbocycles. The van der Waals surface area contributed by atoms with Crippen LogP contribution in [-0.2, 0) is 5.60 Å². The molecule has 0 heterocycles. The summed E-state index contributed by atoms with van der Waals surface area (Å²) in [7, 11) is 0. The van der Waals surface area contributed by atoms with Crippen molar-refractivity contribution >= 4 is 0 Å². The zero-order valence-corrected chi connectivity index (χ0v) is 8.67. The highest BCUT2D eigenvalue weighted by Crippen LogP contribution is 2.31. The zero-order valence-electron chi connectivity index (χ0n) is 8.67. The summed E-state index contributed by atoms with van der Waals surface area (Å²) >= 11 is 0. The Bertz CT molecular complexity index is 451. The van der Waals surface area contributed by atoms with Gasteiger partial charge >= 0.3 is 0 Å². The lowest BCUT2D eigenvalue weighted by atomic mass is 9.82. The average Bonchev–Trinajstić information content (AvgIpc) is 2.27. The molecular formula is C12H14N2O2. The molecule has 1 aromatic rings. The van der Waals surface area contributed by atoms with Crippen LogP contribution in [0.3, 0.4) is 0 Å². The van der Waals surface area contributed by atoms with Gasteiger partial charge in [0.2, 0.25) is 0 Å². The molecule has 2 atom stereocenters. The molecule has 16 heavy (non-hydrogen) atoms. The van der Waals surface area contributed by atoms with Crippen molar-refractivity contribution in [1.29, 1.82) is 0 Å². The largest absolute Gasteiger partial charge is 0.508 e. The molecule has 6 N–H and O–H groups in total. The maximum atomic E-state index is 10.5. The number of nitrogens with two attached hydrogens (primary N) is 2. The minimum Gasteiger partial charge on any atom is -0.508 e. The van der Waals surface area contributed by atoms with Gasteiger partial charge in [-0.3, -0.25) is 0 Å². The number of rotatable bonds is 1. The summed E-state index contributed by atoms with van der Waals surface area (Å²) in [5.41, 5.74) is 11.3. The van der Waals surface area contributed by atoms with E-state index in [0.29, 0.717) is 11.3 Å². The van der Waals surface area contributed by atoms with Crippen LogP contribution in [0.25, 0.3) is 0 Å². The predicted molar refractivity (Wildman–Crippen MR) is 61.4 cm³/mol. The summed E-state index contributed by atoms with van der Waals surface area (Å²) in [5.74, 6) is 0.143. The van der Waals surface area contributed by atoms with Gasteiger partial charge in [-0.2, -0.15) is 0 Å². The molecule has 1 aliphatic rings. The van der Waals surface area contributed by atoms with Gasteiger partial charge in [0.25, 0.3) is 0 Å². The highest BCUT2D eigenvalue weighted by Gasteiger charge is 2.36. The smallest absolute Gasteiger partial charge is 0.129 e. The number of aliphatic hydroxyl groups is 1. The van der Waals surface area contributed by atoms with Gasteiger partial charge in [-0.1, -0.05) is 18.2 Å². The minimum absolute atomic E-state index is 0.143. The SMILES string of the molecule is NC1=CC=CC(O)(c2ccc(O)cc2)C1N. The highest BCUT2D eigenvalue weighted by atomic mass is 16.3. The van der Waals surface area contributed by atoms with Crippen LogP contribution in [0.5, 0.6) is 5.75 Å². The number of allylic oxidation sites excluding steroid dienone is 2. The van der Waals surface area contributed by atoms with E-state index in [1.54, 1.807) is 30.4 Å². The lowest BCUT2D eigenvalue weighted by Crippen LogP contribution is -2.48. The lowest BCUT2D eigenvalue weighted by molar-refractivity contribution is 0.0698. The second-order valence-electron chi connectivity index (χ2n) is 3.88. The lowest BCUT2D eigenvalue weighted by Gasteiger charge is -2.33. The van der Waals surface area contributed by atoms with Crippen LogP contribution in [0.4, 0.5) is 0 Å². The van der Waals surface area contributed by atoms with Gasteiger partial charge in [-0.05, 0) is 29.8 Å². The van der Waals surface area contributed by atoms with Crippen LogP contribution < -0.4 is 11.5 Å². The maximum absolute atomic E-state index is 10.5. The Morgan fingerprint density at radius 1 is 1.19 bits per heavy atom. The number of phenolic OH excluding ortho intramolecular Hbond substituents is 1. The van der Waals surface area contributed by atoms with Crippen LogP contribution in [-0.4, -0.2) is 16.3 Å². The summed E-state index contributed by atoms with van der Waals surface area (Å²) < 4.78 is 0. The summed E-state index contributed by atoms with van der Waals surface area (Å²) in [6.07, 6.45) is 4.94. The standard InChI is InChI=1S/C12H14N2O2/c13-10-2-1-7-12(16,11(10)14)8-3-5-9(15)6-4-8/h1-7,11,15-16H,13-14H2. The summed E-state index contributed by atoms with van der Waals surface area (Å²) in [6, 6.07) is 5.57. The third kappa shape index (κ3) is 1.58. The number of hydrogen-bond donors (Lipinski definition) is 4. The number of hydrogen-bond acceptors (Lipinski definition) is 4. The second kappa shape index (κ2) is 3.66. The molecule has 0 bridgehead atoms. The van der Waals surface area contributed by atoms with Crippen molar-refractivity contribution in [1.82, 2.24) is 0 Å². The Hall–Kier alpha value is -1.78. The topological polar surface area (TPSA) is 92.5 Å². The van der Waals surface area contributed by atoms with Crippen molar-refractivity contribution in [2.75, 3.05) is 0 Å². The van der Waals surface area contributed by atoms with Crippen molar-refractivity contribution in [2.24, 2.45) is 11.5 Å². The first-order valence-electron chi connectivity index (χ1n) is 4.96. The average molecular weight is 218 g/mol. The highest BCUT2D eigenvalue weighted by molar-refractivity contribution is 5.40. The molecule has 0 aliphatic heterocycles. The maximum Gasteiger partial charge on any atom is 0.129 e. The molecule has 4 heteroatoms. The van der Waals surface area contributed by atoms with Crippen molar-refractivity contribution in [2.45, 2.75) is 11.6 Å². The van der Waals surface area contributed by atoms with E-state index in [0.717, 1.165) is 0 Å². The molecule has 0 spiro atoms. The minimum atomic E-state index is -1.31. The molecule has 84 valence electrons. The van der Waals surface area contributed by atoms with E-state index in [2.05, 4.69) is 0 Å². The second-order valence-corrected chi connectivity index (χ2v) is 3.88. The van der Waals surface area contributed by atoms with Crippen LogP contribution in [0, 0.1) is 0 Å². The molecule has 0 saturated heterocycles. The summed E-state index contributed by atoms with van der Waals surface area (Å²) in [4.78, 5) is 0. The van der Waals surface area contributed by atoms with E-state index >= 15 is 0 Å². The van der Waals surface area contributed by atoms with Crippen LogP contribution >= 0.6 is 0 Å². The first-order valence-corrected chi connectivity index (χ1v) is 4.96. The Balaban J connectivity index is 2.43. The monoisotopic (exact) mass is 218 g/mol. The van der Waals surface area contributed by atoms with Gasteiger partial charge in [-0.25, -0.2) is 0 Å². The molecule has 0 radical (unpaired) electrons. The van der Waals surface area contributed by atoms with E-state index in [-0.39, 0.29) is 5.75 Å². The molecule has 2 unspecified atom stereocenters. The van der Waals surface area contributed by atoms with E-state index in [1.807, 2.05) is 0 Å². The van der Waals surface area contributed by atoms with Crippen LogP contribution in [0.15, 0.2) is 48.2 Å². The zero-order chi connectivity index (χ0) is 11.8. The molecule has 0 aromatic heterocycles. The van der Waals surface area contributed by atoms with E-state index in [4.69, 9.17) is 11.5 Å². The summed E-state index contributed by atoms with van der Waals surface area (Å²) in [5, 5.41) is 19.6. The van der Waals surface area contributed by atoms with E-state index in [9.17, 15) is 10.2 Å². The van der Waals surface area contributed by atoms with Gasteiger partial charge in [0, 0.05) is 5.70 Å². The van der Waals surface area contributed by atoms with Crippen molar-refractivity contribution < 1.29 is 10.2 Å². The van der Waals surface area contributed by atoms with Crippen molar-refractivity contribution in [3.63, 3.8) is 0 Å². The number of aromatic hydroxyl groups is 1. The first kappa shape index (κ1) is 10.7. The molecular weight excluding hydrogens is 204 g/mol. The third-order valence-corrected chi connectivity index (χ3v) is 2.80. The fraction of sp³-hybridized carbons (Fsp3) is 0.167. The van der Waals surface area contributed by atoms with Gasteiger partial charge in [0.1, 0.15) is 11.4 Å². The Morgan fingerprint density at radius 2 is 1.81 bits per heavy atom. The fourth-order valence-corrected chi connectivity index (χ4v) is 1.77. The van der Waals surface area contributed by atoms with Gasteiger partial charge < -0.3 is 21.7 Å². The molecule has 4 nitrogen and oxygen atoms in total.